The number of benzene rings is 1. The first kappa shape index (κ1) is 12.9. The van der Waals surface area contributed by atoms with Crippen LogP contribution in [-0.4, -0.2) is 28.0 Å². The third kappa shape index (κ3) is 2.19. The average molecular weight is 251 g/mol. The number of rotatable bonds is 2. The largest absolute Gasteiger partial charge is 0.508 e. The van der Waals surface area contributed by atoms with Crippen LogP contribution in [0, 0.1) is 5.82 Å². The Kier molecular flexibility index (Phi) is 3.55. The summed E-state index contributed by atoms with van der Waals surface area (Å²) in [6, 6.07) is 4.02. The summed E-state index contributed by atoms with van der Waals surface area (Å²) in [6.45, 7) is 4.03. The Balaban J connectivity index is 2.30. The second-order valence-corrected chi connectivity index (χ2v) is 4.87. The predicted octanol–water partition coefficient (Wildman–Crippen LogP) is 2.93. The summed E-state index contributed by atoms with van der Waals surface area (Å²) in [5.74, 6) is -1.09. The maximum Gasteiger partial charge on any atom is 0.257 e. The highest BCUT2D eigenvalue weighted by Crippen LogP contribution is 2.29. The first-order valence-electron chi connectivity index (χ1n) is 6.35. The van der Waals surface area contributed by atoms with Gasteiger partial charge < -0.3 is 10.0 Å². The van der Waals surface area contributed by atoms with Crippen molar-refractivity contribution in [2.45, 2.75) is 45.2 Å². The number of phenols is 1. The van der Waals surface area contributed by atoms with Crippen molar-refractivity contribution in [2.75, 3.05) is 0 Å². The molecule has 2 rings (SSSR count). The van der Waals surface area contributed by atoms with Crippen molar-refractivity contribution in [3.63, 3.8) is 0 Å². The third-order valence-corrected chi connectivity index (χ3v) is 3.67. The van der Waals surface area contributed by atoms with Gasteiger partial charge in [0, 0.05) is 18.2 Å². The smallest absolute Gasteiger partial charge is 0.257 e. The molecule has 0 radical (unpaired) electrons. The minimum absolute atomic E-state index is 0.0417. The minimum Gasteiger partial charge on any atom is -0.508 e. The van der Waals surface area contributed by atoms with Crippen molar-refractivity contribution in [3.05, 3.63) is 29.6 Å². The summed E-state index contributed by atoms with van der Waals surface area (Å²) in [7, 11) is 0. The molecule has 0 saturated carbocycles. The van der Waals surface area contributed by atoms with Gasteiger partial charge in [0.2, 0.25) is 0 Å². The van der Waals surface area contributed by atoms with Crippen LogP contribution in [0.2, 0.25) is 0 Å². The van der Waals surface area contributed by atoms with Crippen molar-refractivity contribution in [1.82, 2.24) is 4.90 Å². The van der Waals surface area contributed by atoms with E-state index in [0.717, 1.165) is 25.3 Å². The van der Waals surface area contributed by atoms with Gasteiger partial charge in [0.05, 0.1) is 5.56 Å². The van der Waals surface area contributed by atoms with Crippen LogP contribution in [0.3, 0.4) is 0 Å². The van der Waals surface area contributed by atoms with Crippen molar-refractivity contribution in [1.29, 1.82) is 0 Å². The molecule has 1 heterocycles. The molecule has 1 aromatic rings. The summed E-state index contributed by atoms with van der Waals surface area (Å²) in [5, 5.41) is 9.17. The SMILES string of the molecule is CCC1CCC(C)N1C(=O)c1ccc(O)cc1F. The molecule has 18 heavy (non-hydrogen) atoms. The molecule has 0 spiro atoms. The Hall–Kier alpha value is -1.58. The van der Waals surface area contributed by atoms with Crippen LogP contribution < -0.4 is 0 Å². The number of likely N-dealkylation sites (tertiary alicyclic amines) is 1. The quantitative estimate of drug-likeness (QED) is 0.878. The minimum atomic E-state index is -0.658. The van der Waals surface area contributed by atoms with Gasteiger partial charge in [-0.3, -0.25) is 4.79 Å². The Bertz CT molecular complexity index is 461. The number of hydrogen-bond donors (Lipinski definition) is 1. The molecule has 98 valence electrons. The number of amides is 1. The van der Waals surface area contributed by atoms with E-state index in [0.29, 0.717) is 0 Å². The second-order valence-electron chi connectivity index (χ2n) is 4.87. The predicted molar refractivity (Wildman–Crippen MR) is 67.0 cm³/mol. The third-order valence-electron chi connectivity index (χ3n) is 3.67. The van der Waals surface area contributed by atoms with Gasteiger partial charge >= 0.3 is 0 Å². The summed E-state index contributed by atoms with van der Waals surface area (Å²) < 4.78 is 13.7. The van der Waals surface area contributed by atoms with Crippen LogP contribution in [-0.2, 0) is 0 Å². The molecule has 2 unspecified atom stereocenters. The van der Waals surface area contributed by atoms with Crippen molar-refractivity contribution in [2.24, 2.45) is 0 Å². The van der Waals surface area contributed by atoms with E-state index in [1.807, 2.05) is 13.8 Å². The first-order valence-corrected chi connectivity index (χ1v) is 6.35. The van der Waals surface area contributed by atoms with Crippen LogP contribution in [0.15, 0.2) is 18.2 Å². The lowest BCUT2D eigenvalue weighted by Gasteiger charge is -2.28. The summed E-state index contributed by atoms with van der Waals surface area (Å²) in [5.41, 5.74) is 0.0417. The molecule has 1 aromatic carbocycles. The van der Waals surface area contributed by atoms with Crippen molar-refractivity contribution in [3.8, 4) is 5.75 Å². The van der Waals surface area contributed by atoms with Gasteiger partial charge in [0.1, 0.15) is 11.6 Å². The number of carbonyl (C=O) groups is 1. The molecule has 1 fully saturated rings. The molecule has 2 atom stereocenters. The zero-order chi connectivity index (χ0) is 13.3. The highest BCUT2D eigenvalue weighted by molar-refractivity contribution is 5.95. The van der Waals surface area contributed by atoms with E-state index in [1.165, 1.54) is 12.1 Å². The van der Waals surface area contributed by atoms with E-state index in [4.69, 9.17) is 5.11 Å². The molecule has 1 aliphatic heterocycles. The van der Waals surface area contributed by atoms with E-state index in [2.05, 4.69) is 0 Å². The first-order chi connectivity index (χ1) is 8.54. The lowest BCUT2D eigenvalue weighted by Crippen LogP contribution is -2.40. The molecule has 3 nitrogen and oxygen atoms in total. The van der Waals surface area contributed by atoms with Crippen molar-refractivity contribution < 1.29 is 14.3 Å². The van der Waals surface area contributed by atoms with Gasteiger partial charge in [0.15, 0.2) is 0 Å². The van der Waals surface area contributed by atoms with Crippen LogP contribution >= 0.6 is 0 Å². The lowest BCUT2D eigenvalue weighted by molar-refractivity contribution is 0.0671. The lowest BCUT2D eigenvalue weighted by atomic mass is 10.1. The van der Waals surface area contributed by atoms with E-state index in [-0.39, 0.29) is 29.3 Å². The van der Waals surface area contributed by atoms with Crippen LogP contribution in [0.4, 0.5) is 4.39 Å². The number of halogens is 1. The monoisotopic (exact) mass is 251 g/mol. The Labute approximate surface area is 106 Å². The topological polar surface area (TPSA) is 40.5 Å². The fourth-order valence-corrected chi connectivity index (χ4v) is 2.66. The molecule has 1 aliphatic rings. The molecule has 0 bridgehead atoms. The van der Waals surface area contributed by atoms with Gasteiger partial charge in [-0.15, -0.1) is 0 Å². The zero-order valence-corrected chi connectivity index (χ0v) is 10.7. The van der Waals surface area contributed by atoms with Gasteiger partial charge in [-0.25, -0.2) is 4.39 Å². The molecular formula is C14H18FNO2. The maximum atomic E-state index is 13.7. The van der Waals surface area contributed by atoms with Crippen LogP contribution in [0.25, 0.3) is 0 Å². The van der Waals surface area contributed by atoms with Crippen molar-refractivity contribution >= 4 is 5.91 Å². The highest BCUT2D eigenvalue weighted by Gasteiger charge is 2.34. The molecule has 0 aromatic heterocycles. The van der Waals surface area contributed by atoms with E-state index in [1.54, 1.807) is 4.90 Å². The average Bonchev–Trinajstić information content (AvgIpc) is 2.69. The normalized spacial score (nSPS) is 23.4. The zero-order valence-electron chi connectivity index (χ0n) is 10.7. The van der Waals surface area contributed by atoms with E-state index in [9.17, 15) is 9.18 Å². The van der Waals surface area contributed by atoms with E-state index < -0.39 is 5.82 Å². The summed E-state index contributed by atoms with van der Waals surface area (Å²) in [6.07, 6.45) is 2.82. The standard InChI is InChI=1S/C14H18FNO2/c1-3-10-5-4-9(2)16(10)14(18)12-7-6-11(17)8-13(12)15/h6-10,17H,3-5H2,1-2H3. The number of nitrogens with zero attached hydrogens (tertiary/aromatic N) is 1. The molecule has 1 amide bonds. The van der Waals surface area contributed by atoms with Gasteiger partial charge in [-0.2, -0.15) is 0 Å². The Morgan fingerprint density at radius 2 is 2.22 bits per heavy atom. The fourth-order valence-electron chi connectivity index (χ4n) is 2.66. The fraction of sp³-hybridized carbons (Fsp3) is 0.500. The maximum absolute atomic E-state index is 13.7. The number of aromatic hydroxyl groups is 1. The summed E-state index contributed by atoms with van der Waals surface area (Å²) >= 11 is 0. The summed E-state index contributed by atoms with van der Waals surface area (Å²) in [4.78, 5) is 14.1. The number of carbonyl (C=O) groups excluding carboxylic acids is 1. The number of hydrogen-bond acceptors (Lipinski definition) is 2. The second kappa shape index (κ2) is 4.96. The van der Waals surface area contributed by atoms with Crippen LogP contribution in [0.1, 0.15) is 43.5 Å². The van der Waals surface area contributed by atoms with Gasteiger partial charge in [-0.05, 0) is 38.3 Å². The molecule has 4 heteroatoms. The molecule has 1 N–H and O–H groups in total. The highest BCUT2D eigenvalue weighted by atomic mass is 19.1. The van der Waals surface area contributed by atoms with Crippen LogP contribution in [0.5, 0.6) is 5.75 Å². The molecular weight excluding hydrogens is 233 g/mol. The van der Waals surface area contributed by atoms with Gasteiger partial charge in [-0.1, -0.05) is 6.92 Å². The Morgan fingerprint density at radius 1 is 1.50 bits per heavy atom. The molecule has 0 aliphatic carbocycles. The van der Waals surface area contributed by atoms with Gasteiger partial charge in [0.25, 0.3) is 5.91 Å². The van der Waals surface area contributed by atoms with E-state index >= 15 is 0 Å². The number of phenolic OH excluding ortho intramolecular Hbond substituents is 1. The molecule has 1 saturated heterocycles. The Morgan fingerprint density at radius 3 is 2.83 bits per heavy atom.